The molecule has 1 aromatic carbocycles. The number of nitrogens with one attached hydrogen (secondary N) is 1. The van der Waals surface area contributed by atoms with E-state index in [1.807, 2.05) is 0 Å². The summed E-state index contributed by atoms with van der Waals surface area (Å²) in [6, 6.07) is 5.01. The number of nitrogens with two attached hydrogens (primary N) is 1. The largest absolute Gasteiger partial charge is 0.495 e. The molecule has 3 N–H and O–H groups in total. The van der Waals surface area contributed by atoms with Crippen molar-refractivity contribution in [2.45, 2.75) is 43.5 Å². The maximum Gasteiger partial charge on any atom is 0.244 e. The minimum Gasteiger partial charge on any atom is -0.495 e. The number of sulfonamides is 1. The fourth-order valence-electron chi connectivity index (χ4n) is 2.75. The first kappa shape index (κ1) is 16.3. The zero-order valence-electron chi connectivity index (χ0n) is 12.5. The van der Waals surface area contributed by atoms with Crippen molar-refractivity contribution in [2.75, 3.05) is 13.7 Å². The van der Waals surface area contributed by atoms with Gasteiger partial charge in [0.15, 0.2) is 0 Å². The van der Waals surface area contributed by atoms with Crippen LogP contribution in [-0.2, 0) is 16.6 Å². The van der Waals surface area contributed by atoms with Crippen LogP contribution in [0, 0.1) is 5.92 Å². The Kier molecular flexibility index (Phi) is 5.61. The number of hydrogen-bond donors (Lipinski definition) is 2. The highest BCUT2D eigenvalue weighted by Crippen LogP contribution is 2.26. The van der Waals surface area contributed by atoms with E-state index >= 15 is 0 Å². The smallest absolute Gasteiger partial charge is 0.244 e. The van der Waals surface area contributed by atoms with E-state index in [-0.39, 0.29) is 4.90 Å². The lowest BCUT2D eigenvalue weighted by Gasteiger charge is -2.22. The lowest BCUT2D eigenvalue weighted by Crippen LogP contribution is -2.30. The zero-order valence-corrected chi connectivity index (χ0v) is 13.3. The van der Waals surface area contributed by atoms with Gasteiger partial charge in [0.05, 0.1) is 7.11 Å². The lowest BCUT2D eigenvalue weighted by atomic mass is 9.90. The quantitative estimate of drug-likeness (QED) is 0.842. The summed E-state index contributed by atoms with van der Waals surface area (Å²) in [5.74, 6) is 0.792. The number of methoxy groups -OCH3 is 1. The van der Waals surface area contributed by atoms with Crippen molar-refractivity contribution in [3.05, 3.63) is 23.8 Å². The molecule has 0 aromatic heterocycles. The third kappa shape index (κ3) is 4.18. The van der Waals surface area contributed by atoms with E-state index in [0.29, 0.717) is 24.8 Å². The van der Waals surface area contributed by atoms with E-state index in [0.717, 1.165) is 18.4 Å². The van der Waals surface area contributed by atoms with Crippen LogP contribution in [0.3, 0.4) is 0 Å². The molecule has 118 valence electrons. The van der Waals surface area contributed by atoms with E-state index in [1.54, 1.807) is 18.2 Å². The van der Waals surface area contributed by atoms with E-state index in [2.05, 4.69) is 4.72 Å². The summed E-state index contributed by atoms with van der Waals surface area (Å²) in [4.78, 5) is 0.170. The minimum atomic E-state index is -3.57. The monoisotopic (exact) mass is 312 g/mol. The van der Waals surface area contributed by atoms with Crippen LogP contribution in [0.5, 0.6) is 5.75 Å². The van der Waals surface area contributed by atoms with Crippen molar-refractivity contribution in [3.63, 3.8) is 0 Å². The SMILES string of the molecule is COc1ccc(CN)cc1S(=O)(=O)NCC1CCCCC1. The molecule has 0 bridgehead atoms. The van der Waals surface area contributed by atoms with Gasteiger partial charge in [-0.15, -0.1) is 0 Å². The molecule has 0 aliphatic heterocycles. The molecule has 0 heterocycles. The molecule has 0 amide bonds. The van der Waals surface area contributed by atoms with E-state index < -0.39 is 10.0 Å². The lowest BCUT2D eigenvalue weighted by molar-refractivity contribution is 0.356. The van der Waals surface area contributed by atoms with E-state index in [4.69, 9.17) is 10.5 Å². The number of rotatable bonds is 6. The molecule has 6 heteroatoms. The first-order chi connectivity index (χ1) is 10.1. The van der Waals surface area contributed by atoms with Crippen molar-refractivity contribution < 1.29 is 13.2 Å². The molecule has 0 atom stereocenters. The van der Waals surface area contributed by atoms with Gasteiger partial charge in [-0.1, -0.05) is 25.3 Å². The second-order valence-electron chi connectivity index (χ2n) is 5.55. The second-order valence-corrected chi connectivity index (χ2v) is 7.28. The predicted octanol–water partition coefficient (Wildman–Crippen LogP) is 2.01. The molecule has 1 fully saturated rings. The second kappa shape index (κ2) is 7.24. The third-order valence-electron chi connectivity index (χ3n) is 4.04. The summed E-state index contributed by atoms with van der Waals surface area (Å²) in [5, 5.41) is 0. The summed E-state index contributed by atoms with van der Waals surface area (Å²) in [6.07, 6.45) is 5.84. The Morgan fingerprint density at radius 3 is 2.62 bits per heavy atom. The fraction of sp³-hybridized carbons (Fsp3) is 0.600. The Morgan fingerprint density at radius 1 is 1.29 bits per heavy atom. The topological polar surface area (TPSA) is 81.4 Å². The van der Waals surface area contributed by atoms with Crippen LogP contribution in [0.1, 0.15) is 37.7 Å². The van der Waals surface area contributed by atoms with Crippen molar-refractivity contribution in [3.8, 4) is 5.75 Å². The van der Waals surface area contributed by atoms with Crippen molar-refractivity contribution in [1.29, 1.82) is 0 Å². The van der Waals surface area contributed by atoms with Crippen LogP contribution in [-0.4, -0.2) is 22.1 Å². The van der Waals surface area contributed by atoms with Gasteiger partial charge in [-0.25, -0.2) is 13.1 Å². The Bertz CT molecular complexity index is 566. The van der Waals surface area contributed by atoms with Gasteiger partial charge in [0.25, 0.3) is 0 Å². The highest BCUT2D eigenvalue weighted by atomic mass is 32.2. The molecule has 2 rings (SSSR count). The molecule has 1 saturated carbocycles. The van der Waals surface area contributed by atoms with Crippen LogP contribution >= 0.6 is 0 Å². The van der Waals surface area contributed by atoms with Gasteiger partial charge in [0.1, 0.15) is 10.6 Å². The molecule has 0 saturated heterocycles. The minimum absolute atomic E-state index is 0.170. The third-order valence-corrected chi connectivity index (χ3v) is 5.48. The Morgan fingerprint density at radius 2 is 2.00 bits per heavy atom. The molecular weight excluding hydrogens is 288 g/mol. The number of ether oxygens (including phenoxy) is 1. The highest BCUT2D eigenvalue weighted by Gasteiger charge is 2.22. The molecule has 1 aliphatic rings. The van der Waals surface area contributed by atoms with Crippen molar-refractivity contribution in [1.82, 2.24) is 4.72 Å². The zero-order chi connectivity index (χ0) is 15.3. The molecule has 0 spiro atoms. The Balaban J connectivity index is 2.14. The van der Waals surface area contributed by atoms with Crippen LogP contribution in [0.25, 0.3) is 0 Å². The number of benzene rings is 1. The van der Waals surface area contributed by atoms with Gasteiger partial charge < -0.3 is 10.5 Å². The molecule has 1 aliphatic carbocycles. The standard InChI is InChI=1S/C15H24N2O3S/c1-20-14-8-7-13(10-16)9-15(14)21(18,19)17-11-12-5-3-2-4-6-12/h7-9,12,17H,2-6,10-11,16H2,1H3. The van der Waals surface area contributed by atoms with Gasteiger partial charge in [0, 0.05) is 13.1 Å². The summed E-state index contributed by atoms with van der Waals surface area (Å²) in [5.41, 5.74) is 6.36. The summed E-state index contributed by atoms with van der Waals surface area (Å²) in [6.45, 7) is 0.799. The average molecular weight is 312 g/mol. The van der Waals surface area contributed by atoms with Gasteiger partial charge in [0.2, 0.25) is 10.0 Å². The van der Waals surface area contributed by atoms with Gasteiger partial charge in [-0.3, -0.25) is 0 Å². The van der Waals surface area contributed by atoms with E-state index in [9.17, 15) is 8.42 Å². The molecule has 5 nitrogen and oxygen atoms in total. The van der Waals surface area contributed by atoms with Gasteiger partial charge in [-0.2, -0.15) is 0 Å². The number of hydrogen-bond acceptors (Lipinski definition) is 4. The first-order valence-electron chi connectivity index (χ1n) is 7.43. The molecule has 0 unspecified atom stereocenters. The van der Waals surface area contributed by atoms with Gasteiger partial charge >= 0.3 is 0 Å². The fourth-order valence-corrected chi connectivity index (χ4v) is 4.09. The highest BCUT2D eigenvalue weighted by molar-refractivity contribution is 7.89. The van der Waals surface area contributed by atoms with Crippen LogP contribution in [0.15, 0.2) is 23.1 Å². The average Bonchev–Trinajstić information content (AvgIpc) is 2.53. The summed E-state index contributed by atoms with van der Waals surface area (Å²) < 4.78 is 32.9. The van der Waals surface area contributed by atoms with Crippen LogP contribution in [0.4, 0.5) is 0 Å². The molecular formula is C15H24N2O3S. The molecule has 1 aromatic rings. The van der Waals surface area contributed by atoms with Crippen molar-refractivity contribution >= 4 is 10.0 Å². The van der Waals surface area contributed by atoms with Crippen LogP contribution < -0.4 is 15.2 Å². The molecule has 0 radical (unpaired) electrons. The molecule has 21 heavy (non-hydrogen) atoms. The first-order valence-corrected chi connectivity index (χ1v) is 8.92. The maximum absolute atomic E-state index is 12.5. The van der Waals surface area contributed by atoms with Crippen LogP contribution in [0.2, 0.25) is 0 Å². The normalized spacial score (nSPS) is 16.9. The predicted molar refractivity (Wildman–Crippen MR) is 82.6 cm³/mol. The van der Waals surface area contributed by atoms with Gasteiger partial charge in [-0.05, 0) is 36.5 Å². The Hall–Kier alpha value is -1.11. The Labute approximate surface area is 126 Å². The van der Waals surface area contributed by atoms with E-state index in [1.165, 1.54) is 26.4 Å². The summed E-state index contributed by atoms with van der Waals surface area (Å²) >= 11 is 0. The van der Waals surface area contributed by atoms with Crippen molar-refractivity contribution in [2.24, 2.45) is 11.7 Å². The maximum atomic E-state index is 12.5. The summed E-state index contributed by atoms with van der Waals surface area (Å²) in [7, 11) is -2.10.